The molecule has 0 saturated heterocycles. The summed E-state index contributed by atoms with van der Waals surface area (Å²) in [6.45, 7) is 12.4. The van der Waals surface area contributed by atoms with E-state index in [9.17, 15) is 9.90 Å². The number of allylic oxidation sites excluding steroid dienone is 2. The summed E-state index contributed by atoms with van der Waals surface area (Å²) in [5.74, 6) is -0.118. The maximum atomic E-state index is 12.5. The lowest BCUT2D eigenvalue weighted by molar-refractivity contribution is -0.150. The number of rotatable bonds is 3. The number of hydrogen-bond acceptors (Lipinski definition) is 3. The van der Waals surface area contributed by atoms with Gasteiger partial charge in [-0.3, -0.25) is 0 Å². The first kappa shape index (κ1) is 19.5. The Labute approximate surface area is 152 Å². The van der Waals surface area contributed by atoms with E-state index in [1.54, 1.807) is 0 Å². The summed E-state index contributed by atoms with van der Waals surface area (Å²) in [6.07, 6.45) is 0.916. The van der Waals surface area contributed by atoms with Crippen molar-refractivity contribution in [3.8, 4) is 0 Å². The average molecular weight is 359 g/mol. The summed E-state index contributed by atoms with van der Waals surface area (Å²) in [5.41, 5.74) is 4.61. The van der Waals surface area contributed by atoms with Crippen molar-refractivity contribution in [1.82, 2.24) is 0 Å². The lowest BCUT2D eigenvalue weighted by Gasteiger charge is -2.30. The fourth-order valence-electron chi connectivity index (χ4n) is 3.13. The highest BCUT2D eigenvalue weighted by Crippen LogP contribution is 2.41. The summed E-state index contributed by atoms with van der Waals surface area (Å²) < 4.78 is 5.49. The third kappa shape index (κ3) is 5.60. The van der Waals surface area contributed by atoms with Gasteiger partial charge in [-0.15, -0.1) is 0 Å². The number of carbonyl (C=O) groups is 1. The van der Waals surface area contributed by atoms with Gasteiger partial charge in [-0.2, -0.15) is 0 Å². The van der Waals surface area contributed by atoms with Crippen molar-refractivity contribution in [1.29, 1.82) is 0 Å². The molecular weight excluding hydrogens is 328 g/mol. The Kier molecular flexibility index (Phi) is 5.62. The zero-order valence-electron chi connectivity index (χ0n) is 16.2. The van der Waals surface area contributed by atoms with Crippen LogP contribution >= 0.6 is 0 Å². The second-order valence-electron chi connectivity index (χ2n) is 8.86. The van der Waals surface area contributed by atoms with Crippen LogP contribution in [0.15, 0.2) is 52.9 Å². The molecule has 136 valence electrons. The standard InChI is InChI=1S/C21H30O3Si/c1-21(2,3)24-20(23)18-12-16(14-25(4,5)6)17(13-19(18)22)15-10-8-7-9-11-15/h7-11,14,17,22H,12-13H2,1-6H3/b16-14-. The van der Waals surface area contributed by atoms with Crippen LogP contribution in [0.4, 0.5) is 0 Å². The smallest absolute Gasteiger partial charge is 0.338 e. The Morgan fingerprint density at radius 3 is 2.32 bits per heavy atom. The van der Waals surface area contributed by atoms with E-state index in [0.717, 1.165) is 0 Å². The van der Waals surface area contributed by atoms with E-state index in [4.69, 9.17) is 4.74 Å². The van der Waals surface area contributed by atoms with Crippen LogP contribution in [0.2, 0.25) is 19.6 Å². The Balaban J connectivity index is 2.41. The number of aliphatic hydroxyl groups is 1. The van der Waals surface area contributed by atoms with Gasteiger partial charge in [-0.1, -0.05) is 61.2 Å². The molecule has 0 spiro atoms. The minimum absolute atomic E-state index is 0.124. The number of benzene rings is 1. The molecule has 1 atom stereocenters. The first-order valence-corrected chi connectivity index (χ1v) is 12.4. The van der Waals surface area contributed by atoms with Gasteiger partial charge in [-0.05, 0) is 26.3 Å². The summed E-state index contributed by atoms with van der Waals surface area (Å²) in [6, 6.07) is 10.2. The Morgan fingerprint density at radius 2 is 1.80 bits per heavy atom. The number of carbonyl (C=O) groups excluding carboxylic acids is 1. The maximum Gasteiger partial charge on any atom is 0.338 e. The van der Waals surface area contributed by atoms with Crippen LogP contribution in [0.5, 0.6) is 0 Å². The summed E-state index contributed by atoms with van der Waals surface area (Å²) >= 11 is 0. The molecule has 0 aliphatic heterocycles. The molecule has 1 aromatic rings. The van der Waals surface area contributed by atoms with E-state index in [1.807, 2.05) is 39.0 Å². The molecule has 1 aliphatic rings. The number of hydrogen-bond donors (Lipinski definition) is 1. The van der Waals surface area contributed by atoms with Crippen molar-refractivity contribution in [3.05, 3.63) is 58.5 Å². The van der Waals surface area contributed by atoms with Crippen LogP contribution in [0.1, 0.15) is 45.1 Å². The predicted octanol–water partition coefficient (Wildman–Crippen LogP) is 5.52. The molecule has 0 bridgehead atoms. The second-order valence-corrected chi connectivity index (χ2v) is 13.9. The molecule has 0 amide bonds. The van der Waals surface area contributed by atoms with Gasteiger partial charge in [-0.25, -0.2) is 4.79 Å². The Hall–Kier alpha value is -1.81. The number of ether oxygens (including phenoxy) is 1. The van der Waals surface area contributed by atoms with Crippen LogP contribution < -0.4 is 0 Å². The summed E-state index contributed by atoms with van der Waals surface area (Å²) in [7, 11) is -1.47. The van der Waals surface area contributed by atoms with Crippen LogP contribution in [0, 0.1) is 0 Å². The van der Waals surface area contributed by atoms with Gasteiger partial charge in [0.1, 0.15) is 11.4 Å². The van der Waals surface area contributed by atoms with Crippen molar-refractivity contribution in [2.75, 3.05) is 0 Å². The maximum absolute atomic E-state index is 12.5. The fraction of sp³-hybridized carbons (Fsp3) is 0.476. The molecule has 0 saturated carbocycles. The minimum Gasteiger partial charge on any atom is -0.512 e. The van der Waals surface area contributed by atoms with Crippen LogP contribution in [0.25, 0.3) is 0 Å². The molecule has 25 heavy (non-hydrogen) atoms. The predicted molar refractivity (Wildman–Crippen MR) is 105 cm³/mol. The summed E-state index contributed by atoms with van der Waals surface area (Å²) in [4.78, 5) is 12.5. The highest BCUT2D eigenvalue weighted by atomic mass is 28.3. The fourth-order valence-corrected chi connectivity index (χ4v) is 4.55. The lowest BCUT2D eigenvalue weighted by Crippen LogP contribution is -2.28. The van der Waals surface area contributed by atoms with Crippen molar-refractivity contribution in [2.24, 2.45) is 0 Å². The quantitative estimate of drug-likeness (QED) is 0.571. The molecule has 1 aromatic carbocycles. The SMILES string of the molecule is CC(C)(C)OC(=O)C1=C(O)CC(c2ccccc2)/C(=C\[Si](C)(C)C)C1. The molecule has 0 radical (unpaired) electrons. The molecular formula is C21H30O3Si. The monoisotopic (exact) mass is 358 g/mol. The largest absolute Gasteiger partial charge is 0.512 e. The van der Waals surface area contributed by atoms with Crippen LogP contribution in [0.3, 0.4) is 0 Å². The normalized spacial score (nSPS) is 20.7. The molecule has 0 heterocycles. The van der Waals surface area contributed by atoms with Crippen molar-refractivity contribution in [2.45, 2.75) is 64.8 Å². The molecule has 1 N–H and O–H groups in total. The second kappa shape index (κ2) is 7.20. The van der Waals surface area contributed by atoms with E-state index >= 15 is 0 Å². The van der Waals surface area contributed by atoms with Crippen LogP contribution in [-0.2, 0) is 9.53 Å². The van der Waals surface area contributed by atoms with Crippen molar-refractivity contribution < 1.29 is 14.6 Å². The van der Waals surface area contributed by atoms with E-state index in [1.165, 1.54) is 11.1 Å². The molecule has 1 unspecified atom stereocenters. The molecule has 3 nitrogen and oxygen atoms in total. The Bertz CT molecular complexity index is 688. The molecule has 4 heteroatoms. The van der Waals surface area contributed by atoms with Gasteiger partial charge in [0.2, 0.25) is 0 Å². The molecule has 1 aliphatic carbocycles. The van der Waals surface area contributed by atoms with Gasteiger partial charge in [0, 0.05) is 18.8 Å². The molecule has 0 fully saturated rings. The number of aliphatic hydroxyl groups excluding tert-OH is 1. The zero-order valence-corrected chi connectivity index (χ0v) is 17.2. The highest BCUT2D eigenvalue weighted by Gasteiger charge is 2.32. The van der Waals surface area contributed by atoms with Gasteiger partial charge in [0.25, 0.3) is 0 Å². The van der Waals surface area contributed by atoms with E-state index in [-0.39, 0.29) is 11.7 Å². The first-order chi connectivity index (χ1) is 11.5. The lowest BCUT2D eigenvalue weighted by atomic mass is 9.80. The topological polar surface area (TPSA) is 46.5 Å². The van der Waals surface area contributed by atoms with Gasteiger partial charge >= 0.3 is 5.97 Å². The van der Waals surface area contributed by atoms with E-state index in [2.05, 4.69) is 37.5 Å². The zero-order chi connectivity index (χ0) is 18.8. The van der Waals surface area contributed by atoms with Crippen molar-refractivity contribution >= 4 is 14.0 Å². The van der Waals surface area contributed by atoms with Gasteiger partial charge in [0.05, 0.1) is 13.6 Å². The average Bonchev–Trinajstić information content (AvgIpc) is 2.46. The third-order valence-corrected chi connectivity index (χ3v) is 5.28. The van der Waals surface area contributed by atoms with Gasteiger partial charge in [0.15, 0.2) is 0 Å². The number of esters is 1. The van der Waals surface area contributed by atoms with E-state index in [0.29, 0.717) is 18.4 Å². The third-order valence-electron chi connectivity index (χ3n) is 4.04. The van der Waals surface area contributed by atoms with Crippen LogP contribution in [-0.4, -0.2) is 24.8 Å². The van der Waals surface area contributed by atoms with Crippen molar-refractivity contribution in [3.63, 3.8) is 0 Å². The molecule has 0 aromatic heterocycles. The Morgan fingerprint density at radius 1 is 1.20 bits per heavy atom. The van der Waals surface area contributed by atoms with Gasteiger partial charge < -0.3 is 9.84 Å². The molecule has 2 rings (SSSR count). The minimum atomic E-state index is -1.47. The first-order valence-electron chi connectivity index (χ1n) is 8.87. The summed E-state index contributed by atoms with van der Waals surface area (Å²) in [5, 5.41) is 10.5. The highest BCUT2D eigenvalue weighted by molar-refractivity contribution is 6.81. The van der Waals surface area contributed by atoms with E-state index < -0.39 is 19.6 Å².